The second kappa shape index (κ2) is 11.9. The minimum Gasteiger partial charge on any atom is -0.461 e. The van der Waals surface area contributed by atoms with Crippen LogP contribution in [0, 0.1) is 0 Å². The zero-order chi connectivity index (χ0) is 23.6. The molecule has 0 fully saturated rings. The van der Waals surface area contributed by atoms with Crippen molar-refractivity contribution in [2.75, 3.05) is 26.4 Å². The minimum absolute atomic E-state index is 0.00184. The Labute approximate surface area is 186 Å². The van der Waals surface area contributed by atoms with Gasteiger partial charge in [-0.1, -0.05) is 0 Å². The van der Waals surface area contributed by atoms with Crippen LogP contribution in [0.5, 0.6) is 0 Å². The summed E-state index contributed by atoms with van der Waals surface area (Å²) in [6, 6.07) is 7.70. The molecule has 0 aliphatic carbocycles. The Morgan fingerprint density at radius 3 is 2.22 bits per heavy atom. The summed E-state index contributed by atoms with van der Waals surface area (Å²) in [4.78, 5) is 39.6. The largest absolute Gasteiger partial charge is 0.461 e. The molecule has 0 aliphatic rings. The van der Waals surface area contributed by atoms with E-state index in [1.807, 2.05) is 11.6 Å². The van der Waals surface area contributed by atoms with Crippen LogP contribution in [0.15, 0.2) is 47.5 Å². The molecule has 0 saturated heterocycles. The molecule has 2 amide bonds. The van der Waals surface area contributed by atoms with Gasteiger partial charge in [0.2, 0.25) is 0 Å². The first-order valence-corrected chi connectivity index (χ1v) is 11.4. The SMILES string of the molecule is CCOCCCNC(=O)c1ccc(S(=O)(=O)NC(=O)c2ccc(C(=O)OCC)nc2)cc1. The molecule has 0 spiro atoms. The molecule has 2 aromatic rings. The first-order valence-electron chi connectivity index (χ1n) is 9.94. The molecule has 2 rings (SSSR count). The molecule has 1 heterocycles. The number of benzene rings is 1. The molecule has 0 atom stereocenters. The lowest BCUT2D eigenvalue weighted by Gasteiger charge is -2.09. The maximum atomic E-state index is 12.5. The van der Waals surface area contributed by atoms with Crippen LogP contribution in [0.1, 0.15) is 51.5 Å². The van der Waals surface area contributed by atoms with Crippen molar-refractivity contribution in [1.82, 2.24) is 15.0 Å². The molecule has 172 valence electrons. The van der Waals surface area contributed by atoms with Gasteiger partial charge >= 0.3 is 5.97 Å². The molecule has 0 saturated carbocycles. The van der Waals surface area contributed by atoms with Crippen molar-refractivity contribution in [3.63, 3.8) is 0 Å². The van der Waals surface area contributed by atoms with Gasteiger partial charge in [0.1, 0.15) is 5.69 Å². The number of nitrogens with zero attached hydrogens (tertiary/aromatic N) is 1. The lowest BCUT2D eigenvalue weighted by atomic mass is 10.2. The third-order valence-corrected chi connectivity index (χ3v) is 5.47. The standard InChI is InChI=1S/C21H25N3O7S/c1-3-30-13-5-12-22-19(25)15-6-9-17(10-7-15)32(28,29)24-20(26)16-8-11-18(23-14-16)21(27)31-4-2/h6-11,14H,3-5,12-13H2,1-2H3,(H,22,25)(H,24,26). The third-order valence-electron chi connectivity index (χ3n) is 4.12. The second-order valence-electron chi connectivity index (χ2n) is 6.42. The predicted octanol–water partition coefficient (Wildman–Crippen LogP) is 1.53. The Morgan fingerprint density at radius 1 is 0.938 bits per heavy atom. The van der Waals surface area contributed by atoms with Gasteiger partial charge in [-0.05, 0) is 56.7 Å². The number of pyridine rings is 1. The monoisotopic (exact) mass is 463 g/mol. The number of rotatable bonds is 11. The first kappa shape index (κ1) is 25.0. The topological polar surface area (TPSA) is 141 Å². The van der Waals surface area contributed by atoms with Crippen LogP contribution in [0.2, 0.25) is 0 Å². The summed E-state index contributed by atoms with van der Waals surface area (Å²) in [5.74, 6) is -1.91. The fraction of sp³-hybridized carbons (Fsp3) is 0.333. The van der Waals surface area contributed by atoms with Gasteiger partial charge in [0.15, 0.2) is 0 Å². The number of nitrogens with one attached hydrogen (secondary N) is 2. The Balaban J connectivity index is 1.98. The second-order valence-corrected chi connectivity index (χ2v) is 8.10. The van der Waals surface area contributed by atoms with Crippen LogP contribution in [0.4, 0.5) is 0 Å². The van der Waals surface area contributed by atoms with Crippen molar-refractivity contribution in [3.05, 3.63) is 59.4 Å². The van der Waals surface area contributed by atoms with Crippen molar-refractivity contribution < 1.29 is 32.3 Å². The molecular weight excluding hydrogens is 438 g/mol. The van der Waals surface area contributed by atoms with Crippen LogP contribution in [-0.2, 0) is 19.5 Å². The number of hydrogen-bond acceptors (Lipinski definition) is 8. The number of aromatic nitrogens is 1. The van der Waals surface area contributed by atoms with Crippen LogP contribution in [0.3, 0.4) is 0 Å². The highest BCUT2D eigenvalue weighted by Gasteiger charge is 2.20. The van der Waals surface area contributed by atoms with E-state index in [9.17, 15) is 22.8 Å². The van der Waals surface area contributed by atoms with E-state index >= 15 is 0 Å². The van der Waals surface area contributed by atoms with E-state index in [0.717, 1.165) is 6.20 Å². The van der Waals surface area contributed by atoms with E-state index < -0.39 is 21.9 Å². The minimum atomic E-state index is -4.18. The lowest BCUT2D eigenvalue weighted by molar-refractivity contribution is 0.0519. The van der Waals surface area contributed by atoms with Crippen molar-refractivity contribution in [1.29, 1.82) is 0 Å². The number of ether oxygens (including phenoxy) is 2. The Bertz CT molecular complexity index is 1040. The van der Waals surface area contributed by atoms with Crippen LogP contribution in [0.25, 0.3) is 0 Å². The Morgan fingerprint density at radius 2 is 1.62 bits per heavy atom. The predicted molar refractivity (Wildman–Crippen MR) is 115 cm³/mol. The van der Waals surface area contributed by atoms with Crippen molar-refractivity contribution >= 4 is 27.8 Å². The molecular formula is C21H25N3O7S. The molecule has 1 aromatic heterocycles. The van der Waals surface area contributed by atoms with Crippen molar-refractivity contribution in [2.45, 2.75) is 25.2 Å². The molecule has 0 bridgehead atoms. The lowest BCUT2D eigenvalue weighted by Crippen LogP contribution is -2.31. The smallest absolute Gasteiger partial charge is 0.356 e. The third kappa shape index (κ3) is 7.13. The number of hydrogen-bond donors (Lipinski definition) is 2. The summed E-state index contributed by atoms with van der Waals surface area (Å²) < 4.78 is 36.9. The number of carbonyl (C=O) groups excluding carboxylic acids is 3. The van der Waals surface area contributed by atoms with Gasteiger partial charge in [0.05, 0.1) is 17.1 Å². The van der Waals surface area contributed by atoms with Crippen LogP contribution in [-0.4, -0.2) is 57.6 Å². The number of amides is 2. The van der Waals surface area contributed by atoms with Gasteiger partial charge in [0.25, 0.3) is 21.8 Å². The molecule has 11 heteroatoms. The average molecular weight is 464 g/mol. The van der Waals surface area contributed by atoms with E-state index in [1.165, 1.54) is 36.4 Å². The van der Waals surface area contributed by atoms with Gasteiger partial charge in [-0.3, -0.25) is 9.59 Å². The molecule has 32 heavy (non-hydrogen) atoms. The Hall–Kier alpha value is -3.31. The fourth-order valence-corrected chi connectivity index (χ4v) is 3.48. The maximum Gasteiger partial charge on any atom is 0.356 e. The summed E-state index contributed by atoms with van der Waals surface area (Å²) in [7, 11) is -4.18. The number of esters is 1. The molecule has 0 unspecified atom stereocenters. The molecule has 0 radical (unpaired) electrons. The summed E-state index contributed by atoms with van der Waals surface area (Å²) >= 11 is 0. The zero-order valence-electron chi connectivity index (χ0n) is 17.8. The van der Waals surface area contributed by atoms with Crippen molar-refractivity contribution in [2.24, 2.45) is 0 Å². The van der Waals surface area contributed by atoms with Crippen LogP contribution < -0.4 is 10.0 Å². The fourth-order valence-electron chi connectivity index (χ4n) is 2.50. The molecule has 2 N–H and O–H groups in total. The summed E-state index contributed by atoms with van der Waals surface area (Å²) in [5.41, 5.74) is 0.230. The summed E-state index contributed by atoms with van der Waals surface area (Å²) in [6.07, 6.45) is 1.74. The zero-order valence-corrected chi connectivity index (χ0v) is 18.6. The number of carbonyl (C=O) groups is 3. The van der Waals surface area contributed by atoms with E-state index in [-0.39, 0.29) is 34.2 Å². The quantitative estimate of drug-likeness (QED) is 0.378. The van der Waals surface area contributed by atoms with Gasteiger partial charge < -0.3 is 14.8 Å². The maximum absolute atomic E-state index is 12.5. The van der Waals surface area contributed by atoms with Crippen molar-refractivity contribution in [3.8, 4) is 0 Å². The van der Waals surface area contributed by atoms with Gasteiger partial charge in [0, 0.05) is 31.5 Å². The van der Waals surface area contributed by atoms with E-state index in [1.54, 1.807) is 6.92 Å². The highest BCUT2D eigenvalue weighted by atomic mass is 32.2. The summed E-state index contributed by atoms with van der Waals surface area (Å²) in [6.45, 7) is 5.28. The molecule has 1 aromatic carbocycles. The average Bonchev–Trinajstić information content (AvgIpc) is 2.79. The summed E-state index contributed by atoms with van der Waals surface area (Å²) in [5, 5.41) is 2.71. The molecule has 0 aliphatic heterocycles. The van der Waals surface area contributed by atoms with Gasteiger partial charge in [-0.15, -0.1) is 0 Å². The highest BCUT2D eigenvalue weighted by molar-refractivity contribution is 7.90. The van der Waals surface area contributed by atoms with Gasteiger partial charge in [-0.2, -0.15) is 0 Å². The normalized spacial score (nSPS) is 10.9. The van der Waals surface area contributed by atoms with Gasteiger partial charge in [-0.25, -0.2) is 22.9 Å². The first-order chi connectivity index (χ1) is 15.3. The van der Waals surface area contributed by atoms with E-state index in [0.29, 0.717) is 26.2 Å². The van der Waals surface area contributed by atoms with Crippen LogP contribution >= 0.6 is 0 Å². The van der Waals surface area contributed by atoms with E-state index in [4.69, 9.17) is 9.47 Å². The highest BCUT2D eigenvalue weighted by Crippen LogP contribution is 2.12. The Kier molecular flexibility index (Phi) is 9.29. The molecule has 10 nitrogen and oxygen atoms in total. The number of sulfonamides is 1. The van der Waals surface area contributed by atoms with E-state index in [2.05, 4.69) is 10.3 Å².